The zero-order valence-corrected chi connectivity index (χ0v) is 7.69. The number of hydrogen-bond donors (Lipinski definition) is 2. The van der Waals surface area contributed by atoms with E-state index in [0.29, 0.717) is 13.0 Å². The van der Waals surface area contributed by atoms with Crippen molar-refractivity contribution in [2.75, 3.05) is 6.54 Å². The van der Waals surface area contributed by atoms with Gasteiger partial charge in [-0.25, -0.2) is 0 Å². The lowest BCUT2D eigenvalue weighted by molar-refractivity contribution is -0.143. The first-order chi connectivity index (χ1) is 7.20. The Morgan fingerprint density at radius 1 is 1.40 bits per heavy atom. The Balaban J connectivity index is 2.94. The molecule has 80 valence electrons. The highest BCUT2D eigenvalue weighted by molar-refractivity contribution is 5.71. The molecule has 1 saturated heterocycles. The topological polar surface area (TPSA) is 147 Å². The summed E-state index contributed by atoms with van der Waals surface area (Å²) < 4.78 is 0. The smallest absolute Gasteiger partial charge is 0.307 e. The fourth-order valence-corrected chi connectivity index (χ4v) is 1.54. The molecule has 9 heteroatoms. The van der Waals surface area contributed by atoms with E-state index in [4.69, 9.17) is 16.2 Å². The fourth-order valence-electron chi connectivity index (χ4n) is 1.54. The van der Waals surface area contributed by atoms with Gasteiger partial charge >= 0.3 is 5.97 Å². The molecular weight excluding hydrogens is 202 g/mol. The summed E-state index contributed by atoms with van der Waals surface area (Å²) in [5.41, 5.74) is 16.6. The van der Waals surface area contributed by atoms with Gasteiger partial charge in [0.25, 0.3) is 0 Å². The van der Waals surface area contributed by atoms with E-state index in [1.807, 2.05) is 0 Å². The molecule has 0 radical (unpaired) electrons. The van der Waals surface area contributed by atoms with Crippen molar-refractivity contribution in [3.63, 3.8) is 0 Å². The molecule has 3 atom stereocenters. The molecule has 0 amide bonds. The lowest BCUT2D eigenvalue weighted by atomic mass is 9.91. The Labute approximate surface area is 84.3 Å². The molecule has 1 heterocycles. The number of carboxylic acid groups (broad SMARTS) is 1. The maximum atomic E-state index is 10.8. The third-order valence-electron chi connectivity index (χ3n) is 2.22. The fraction of sp³-hybridized carbons (Fsp3) is 0.833. The van der Waals surface area contributed by atoms with Gasteiger partial charge in [0.15, 0.2) is 0 Å². The van der Waals surface area contributed by atoms with Crippen LogP contribution in [0.25, 0.3) is 20.9 Å². The Bertz CT molecular complexity index is 333. The first-order valence-corrected chi connectivity index (χ1v) is 4.25. The largest absolute Gasteiger partial charge is 0.481 e. The number of hydrogen-bond acceptors (Lipinski definition) is 4. The number of aliphatic carboxylic acids is 1. The van der Waals surface area contributed by atoms with E-state index in [1.165, 1.54) is 0 Å². The first kappa shape index (κ1) is 11.1. The number of nitrogens with zero attached hydrogens (tertiary/aromatic N) is 6. The quantitative estimate of drug-likeness (QED) is 0.407. The van der Waals surface area contributed by atoms with Crippen LogP contribution in [0.2, 0.25) is 0 Å². The predicted molar refractivity (Wildman–Crippen MR) is 49.6 cm³/mol. The van der Waals surface area contributed by atoms with Crippen molar-refractivity contribution < 1.29 is 9.90 Å². The molecule has 0 bridgehead atoms. The summed E-state index contributed by atoms with van der Waals surface area (Å²) in [4.78, 5) is 16.0. The van der Waals surface area contributed by atoms with Gasteiger partial charge in [0, 0.05) is 9.82 Å². The van der Waals surface area contributed by atoms with Crippen LogP contribution < -0.4 is 5.32 Å². The Morgan fingerprint density at radius 3 is 2.60 bits per heavy atom. The molecule has 1 rings (SSSR count). The van der Waals surface area contributed by atoms with Gasteiger partial charge < -0.3 is 10.4 Å². The lowest BCUT2D eigenvalue weighted by Gasteiger charge is -2.30. The van der Waals surface area contributed by atoms with Crippen molar-refractivity contribution in [2.24, 2.45) is 16.1 Å². The van der Waals surface area contributed by atoms with Crippen LogP contribution in [0.5, 0.6) is 0 Å². The van der Waals surface area contributed by atoms with E-state index in [2.05, 4.69) is 25.4 Å². The van der Waals surface area contributed by atoms with Crippen molar-refractivity contribution in [3.05, 3.63) is 20.9 Å². The van der Waals surface area contributed by atoms with Crippen molar-refractivity contribution in [3.8, 4) is 0 Å². The summed E-state index contributed by atoms with van der Waals surface area (Å²) >= 11 is 0. The second-order valence-corrected chi connectivity index (χ2v) is 3.03. The normalized spacial score (nSPS) is 29.7. The molecule has 1 fully saturated rings. The van der Waals surface area contributed by atoms with Crippen molar-refractivity contribution in [2.45, 2.75) is 18.6 Å². The highest BCUT2D eigenvalue weighted by atomic mass is 16.4. The molecule has 0 saturated carbocycles. The maximum absolute atomic E-state index is 10.8. The molecule has 0 aromatic heterocycles. The molecular formula is C6H9N7O2. The van der Waals surface area contributed by atoms with E-state index in [-0.39, 0.29) is 0 Å². The van der Waals surface area contributed by atoms with Crippen molar-refractivity contribution >= 4 is 5.97 Å². The number of rotatable bonds is 3. The van der Waals surface area contributed by atoms with Gasteiger partial charge in [0.2, 0.25) is 0 Å². The third kappa shape index (κ3) is 2.50. The Morgan fingerprint density at radius 2 is 2.07 bits per heavy atom. The zero-order valence-electron chi connectivity index (χ0n) is 7.69. The lowest BCUT2D eigenvalue weighted by Crippen LogP contribution is -2.49. The summed E-state index contributed by atoms with van der Waals surface area (Å²) in [6.45, 7) is 0.415. The van der Waals surface area contributed by atoms with Crippen LogP contribution in [0.15, 0.2) is 10.2 Å². The maximum Gasteiger partial charge on any atom is 0.307 e. The minimum atomic E-state index is -1.05. The van der Waals surface area contributed by atoms with Gasteiger partial charge in [0.05, 0.1) is 18.1 Å². The van der Waals surface area contributed by atoms with E-state index in [9.17, 15) is 4.79 Å². The monoisotopic (exact) mass is 211 g/mol. The highest BCUT2D eigenvalue weighted by Crippen LogP contribution is 2.21. The molecule has 9 nitrogen and oxygen atoms in total. The molecule has 0 aromatic rings. The van der Waals surface area contributed by atoms with Crippen molar-refractivity contribution in [1.82, 2.24) is 5.32 Å². The molecule has 3 unspecified atom stereocenters. The van der Waals surface area contributed by atoms with Gasteiger partial charge in [0.1, 0.15) is 0 Å². The summed E-state index contributed by atoms with van der Waals surface area (Å²) in [6.07, 6.45) is -0.447. The van der Waals surface area contributed by atoms with Gasteiger partial charge in [-0.2, -0.15) is 0 Å². The Kier molecular flexibility index (Phi) is 3.75. The van der Waals surface area contributed by atoms with Crippen LogP contribution >= 0.6 is 0 Å². The van der Waals surface area contributed by atoms with Crippen LogP contribution in [0.3, 0.4) is 0 Å². The molecule has 1 aliphatic heterocycles. The minimum absolute atomic E-state index is 0.344. The standard InChI is InChI=1S/C6H9N7O2/c7-12-10-4-3(6(14)15)1-2-9-5(4)11-13-8/h3-5,9H,1-2H2,(H,14,15). The molecule has 1 aliphatic rings. The molecule has 0 aromatic carbocycles. The van der Waals surface area contributed by atoms with E-state index in [0.717, 1.165) is 0 Å². The number of nitrogens with one attached hydrogen (secondary N) is 1. The van der Waals surface area contributed by atoms with Crippen LogP contribution in [0.1, 0.15) is 6.42 Å². The zero-order chi connectivity index (χ0) is 11.3. The SMILES string of the molecule is [N-]=[N+]=NC1NCCC(C(=O)O)C1N=[N+]=[N-]. The predicted octanol–water partition coefficient (Wildman–Crippen LogP) is 0.996. The van der Waals surface area contributed by atoms with E-state index < -0.39 is 24.1 Å². The Hall–Kier alpha value is -1.95. The van der Waals surface area contributed by atoms with Gasteiger partial charge in [-0.3, -0.25) is 4.79 Å². The summed E-state index contributed by atoms with van der Waals surface area (Å²) in [5, 5.41) is 18.4. The summed E-state index contributed by atoms with van der Waals surface area (Å²) in [7, 11) is 0. The van der Waals surface area contributed by atoms with Gasteiger partial charge in [-0.05, 0) is 24.0 Å². The number of azide groups is 2. The van der Waals surface area contributed by atoms with Gasteiger partial charge in [-0.1, -0.05) is 10.2 Å². The van der Waals surface area contributed by atoms with Crippen LogP contribution in [-0.2, 0) is 4.79 Å². The number of piperidine rings is 1. The third-order valence-corrected chi connectivity index (χ3v) is 2.22. The number of carboxylic acids is 1. The summed E-state index contributed by atoms with van der Waals surface area (Å²) in [5.74, 6) is -1.86. The first-order valence-electron chi connectivity index (χ1n) is 4.25. The number of carbonyl (C=O) groups is 1. The molecule has 2 N–H and O–H groups in total. The molecule has 0 aliphatic carbocycles. The van der Waals surface area contributed by atoms with Crippen molar-refractivity contribution in [1.29, 1.82) is 0 Å². The van der Waals surface area contributed by atoms with Crippen LogP contribution in [0.4, 0.5) is 0 Å². The van der Waals surface area contributed by atoms with E-state index >= 15 is 0 Å². The molecule has 0 spiro atoms. The highest BCUT2D eigenvalue weighted by Gasteiger charge is 2.36. The second-order valence-electron chi connectivity index (χ2n) is 3.03. The average Bonchev–Trinajstić information content (AvgIpc) is 2.21. The average molecular weight is 211 g/mol. The van der Waals surface area contributed by atoms with Crippen LogP contribution in [-0.4, -0.2) is 29.8 Å². The summed E-state index contributed by atoms with van der Waals surface area (Å²) in [6, 6.07) is -0.878. The second kappa shape index (κ2) is 5.06. The molecule has 15 heavy (non-hydrogen) atoms. The minimum Gasteiger partial charge on any atom is -0.481 e. The van der Waals surface area contributed by atoms with E-state index in [1.54, 1.807) is 0 Å². The van der Waals surface area contributed by atoms with Gasteiger partial charge in [-0.15, -0.1) is 0 Å². The van der Waals surface area contributed by atoms with Crippen LogP contribution in [0, 0.1) is 5.92 Å².